The van der Waals surface area contributed by atoms with E-state index in [1.165, 1.54) is 16.6 Å². The van der Waals surface area contributed by atoms with Crippen molar-refractivity contribution in [1.29, 1.82) is 5.26 Å². The summed E-state index contributed by atoms with van der Waals surface area (Å²) in [4.78, 5) is 7.98. The van der Waals surface area contributed by atoms with Crippen LogP contribution in [-0.2, 0) is 6.42 Å². The first kappa shape index (κ1) is 16.6. The number of nitrogens with zero attached hydrogens (tertiary/aromatic N) is 3. The average molecular weight is 369 g/mol. The Labute approximate surface area is 161 Å². The van der Waals surface area contributed by atoms with Gasteiger partial charge < -0.3 is 14.2 Å². The van der Waals surface area contributed by atoms with Crippen LogP contribution in [0.1, 0.15) is 30.2 Å². The highest BCUT2D eigenvalue weighted by atomic mass is 16.5. The van der Waals surface area contributed by atoms with Crippen LogP contribution in [0.25, 0.3) is 33.7 Å². The van der Waals surface area contributed by atoms with Crippen molar-refractivity contribution in [3.63, 3.8) is 0 Å². The summed E-state index contributed by atoms with van der Waals surface area (Å²) in [6.45, 7) is 2.44. The van der Waals surface area contributed by atoms with Gasteiger partial charge >= 0.3 is 0 Å². The molecule has 0 spiro atoms. The molecule has 0 fully saturated rings. The predicted octanol–water partition coefficient (Wildman–Crippen LogP) is 4.65. The molecule has 4 aromatic rings. The van der Waals surface area contributed by atoms with Gasteiger partial charge in [-0.15, -0.1) is 0 Å². The molecule has 0 unspecified atom stereocenters. The molecule has 2 aromatic heterocycles. The van der Waals surface area contributed by atoms with Gasteiger partial charge in [-0.2, -0.15) is 10.2 Å². The topological polar surface area (TPSA) is 87.7 Å². The predicted molar refractivity (Wildman–Crippen MR) is 105 cm³/mol. The molecular weight excluding hydrogens is 352 g/mol. The van der Waals surface area contributed by atoms with E-state index in [-0.39, 0.29) is 0 Å². The Morgan fingerprint density at radius 1 is 1.25 bits per heavy atom. The minimum atomic E-state index is 0.322. The van der Waals surface area contributed by atoms with Crippen molar-refractivity contribution in [2.75, 3.05) is 6.61 Å². The summed E-state index contributed by atoms with van der Waals surface area (Å²) in [7, 11) is 0. The van der Waals surface area contributed by atoms with Crippen LogP contribution in [0.4, 0.5) is 0 Å². The first-order valence-corrected chi connectivity index (χ1v) is 9.26. The molecule has 1 aliphatic rings. The summed E-state index contributed by atoms with van der Waals surface area (Å²) in [5.41, 5.74) is 5.61. The fraction of sp³-hybridized carbons (Fsp3) is 0.182. The van der Waals surface area contributed by atoms with E-state index in [2.05, 4.69) is 33.7 Å². The molecule has 2 heterocycles. The Hall–Kier alpha value is -3.59. The largest absolute Gasteiger partial charge is 0.494 e. The zero-order chi connectivity index (χ0) is 19.1. The Balaban J connectivity index is 1.53. The van der Waals surface area contributed by atoms with E-state index in [0.717, 1.165) is 23.9 Å². The lowest BCUT2D eigenvalue weighted by Gasteiger charge is -2.04. The van der Waals surface area contributed by atoms with Crippen LogP contribution in [0.15, 0.2) is 40.9 Å². The lowest BCUT2D eigenvalue weighted by molar-refractivity contribution is 0.340. The normalized spacial score (nSPS) is 12.9. The number of H-pyrrole nitrogens is 1. The van der Waals surface area contributed by atoms with Crippen molar-refractivity contribution in [2.24, 2.45) is 0 Å². The second-order valence-electron chi connectivity index (χ2n) is 6.70. The van der Waals surface area contributed by atoms with Crippen LogP contribution < -0.4 is 4.74 Å². The van der Waals surface area contributed by atoms with Crippen molar-refractivity contribution in [3.8, 4) is 34.7 Å². The number of nitrogens with one attached hydrogen (secondary N) is 1. The minimum absolute atomic E-state index is 0.322. The van der Waals surface area contributed by atoms with Gasteiger partial charge in [-0.3, -0.25) is 0 Å². The van der Waals surface area contributed by atoms with Gasteiger partial charge in [0.1, 0.15) is 11.8 Å². The third-order valence-corrected chi connectivity index (χ3v) is 5.02. The second-order valence-corrected chi connectivity index (χ2v) is 6.70. The van der Waals surface area contributed by atoms with Gasteiger partial charge in [0.25, 0.3) is 5.89 Å². The number of nitriles is 1. The molecule has 0 amide bonds. The molecule has 0 saturated carbocycles. The molecule has 0 saturated heterocycles. The summed E-state index contributed by atoms with van der Waals surface area (Å²) in [6.07, 6.45) is 4.35. The molecule has 0 bridgehead atoms. The smallest absolute Gasteiger partial charge is 0.259 e. The van der Waals surface area contributed by atoms with E-state index < -0.39 is 0 Å². The fourth-order valence-corrected chi connectivity index (χ4v) is 3.72. The first-order chi connectivity index (χ1) is 13.8. The third kappa shape index (κ3) is 2.64. The maximum atomic E-state index is 9.48. The highest BCUT2D eigenvalue weighted by molar-refractivity contribution is 5.89. The number of aryl methyl sites for hydroxylation is 1. The van der Waals surface area contributed by atoms with E-state index in [9.17, 15) is 5.26 Å². The van der Waals surface area contributed by atoms with Gasteiger partial charge in [-0.05, 0) is 61.7 Å². The molecule has 1 aliphatic carbocycles. The molecular formula is C22H17N4O2. The van der Waals surface area contributed by atoms with E-state index in [4.69, 9.17) is 9.26 Å². The van der Waals surface area contributed by atoms with Crippen LogP contribution in [0.5, 0.6) is 5.75 Å². The number of aromatic amines is 1. The van der Waals surface area contributed by atoms with Crippen molar-refractivity contribution < 1.29 is 9.26 Å². The zero-order valence-electron chi connectivity index (χ0n) is 15.3. The summed E-state index contributed by atoms with van der Waals surface area (Å²) in [5, 5.41) is 14.8. The van der Waals surface area contributed by atoms with Gasteiger partial charge in [-0.1, -0.05) is 5.16 Å². The number of hydrogen-bond donors (Lipinski definition) is 1. The number of rotatable bonds is 4. The number of ether oxygens (including phenoxy) is 1. The fourth-order valence-electron chi connectivity index (χ4n) is 3.72. The number of aromatic nitrogens is 3. The van der Waals surface area contributed by atoms with Crippen molar-refractivity contribution in [2.45, 2.75) is 19.8 Å². The average Bonchev–Trinajstić information content (AvgIpc) is 3.44. The summed E-state index contributed by atoms with van der Waals surface area (Å²) in [6, 6.07) is 13.6. The highest BCUT2D eigenvalue weighted by Crippen LogP contribution is 2.34. The van der Waals surface area contributed by atoms with Crippen molar-refractivity contribution in [1.82, 2.24) is 15.1 Å². The zero-order valence-corrected chi connectivity index (χ0v) is 15.3. The summed E-state index contributed by atoms with van der Waals surface area (Å²) < 4.78 is 10.9. The van der Waals surface area contributed by atoms with Gasteiger partial charge in [0.2, 0.25) is 5.82 Å². The molecule has 1 N–H and O–H groups in total. The van der Waals surface area contributed by atoms with Crippen molar-refractivity contribution in [3.05, 3.63) is 59.6 Å². The Morgan fingerprint density at radius 2 is 2.18 bits per heavy atom. The Bertz CT molecular complexity index is 1230. The Kier molecular flexibility index (Phi) is 3.87. The first-order valence-electron chi connectivity index (χ1n) is 9.26. The number of fused-ring (bicyclic) bond motifs is 3. The van der Waals surface area contributed by atoms with E-state index in [0.29, 0.717) is 35.2 Å². The summed E-state index contributed by atoms with van der Waals surface area (Å²) >= 11 is 0. The van der Waals surface area contributed by atoms with Crippen LogP contribution in [0, 0.1) is 17.8 Å². The minimum Gasteiger partial charge on any atom is -0.494 e. The van der Waals surface area contributed by atoms with E-state index >= 15 is 0 Å². The van der Waals surface area contributed by atoms with Gasteiger partial charge in [0.05, 0.1) is 17.7 Å². The highest BCUT2D eigenvalue weighted by Gasteiger charge is 2.19. The number of hydrogen-bond acceptors (Lipinski definition) is 5. The maximum Gasteiger partial charge on any atom is 0.259 e. The maximum absolute atomic E-state index is 9.48. The van der Waals surface area contributed by atoms with E-state index in [1.807, 2.05) is 19.1 Å². The lowest BCUT2D eigenvalue weighted by atomic mass is 10.1. The Morgan fingerprint density at radius 3 is 3.04 bits per heavy atom. The molecule has 5 rings (SSSR count). The monoisotopic (exact) mass is 369 g/mol. The quantitative estimate of drug-likeness (QED) is 0.565. The molecule has 137 valence electrons. The summed E-state index contributed by atoms with van der Waals surface area (Å²) in [5.74, 6) is 1.47. The molecule has 2 aromatic carbocycles. The molecule has 1 radical (unpaired) electrons. The second kappa shape index (κ2) is 6.54. The molecule has 28 heavy (non-hydrogen) atoms. The van der Waals surface area contributed by atoms with E-state index in [1.54, 1.807) is 18.2 Å². The van der Waals surface area contributed by atoms with Crippen LogP contribution in [-0.4, -0.2) is 21.7 Å². The van der Waals surface area contributed by atoms with Crippen LogP contribution in [0.3, 0.4) is 0 Å². The standard InChI is InChI=1S/C22H17N4O2/c1-2-27-15-7-8-16(14(10-15)12-23)22-25-21(26-28-22)13-6-9-20-18(11-13)17-4-3-5-19(17)24-20/h5-11,24H,2-4H2,1H3. The van der Waals surface area contributed by atoms with Gasteiger partial charge in [0, 0.05) is 28.6 Å². The van der Waals surface area contributed by atoms with Crippen molar-refractivity contribution >= 4 is 10.9 Å². The molecule has 6 nitrogen and oxygen atoms in total. The van der Waals surface area contributed by atoms with Crippen LogP contribution >= 0.6 is 0 Å². The number of benzene rings is 2. The van der Waals surface area contributed by atoms with Gasteiger partial charge in [-0.25, -0.2) is 0 Å². The molecule has 0 aliphatic heterocycles. The SMILES string of the molecule is CCOc1ccc(-c2nc(-c3ccc4[nH]c5c(c4c3)CC[CH]5)no2)c(C#N)c1. The van der Waals surface area contributed by atoms with Gasteiger partial charge in [0.15, 0.2) is 0 Å². The molecule has 6 heteroatoms. The molecule has 0 atom stereocenters. The van der Waals surface area contributed by atoms with Crippen LogP contribution in [0.2, 0.25) is 0 Å². The third-order valence-electron chi connectivity index (χ3n) is 5.02. The lowest BCUT2D eigenvalue weighted by Crippen LogP contribution is -1.93.